The summed E-state index contributed by atoms with van der Waals surface area (Å²) >= 11 is 1.70. The van der Waals surface area contributed by atoms with Gasteiger partial charge in [-0.2, -0.15) is 11.3 Å². The number of furan rings is 1. The average Bonchev–Trinajstić information content (AvgIpc) is 2.97. The fraction of sp³-hybridized carbons (Fsp3) is 0.385. The van der Waals surface area contributed by atoms with Crippen molar-refractivity contribution in [3.8, 4) is 0 Å². The topological polar surface area (TPSA) is 34.4 Å². The van der Waals surface area contributed by atoms with Crippen molar-refractivity contribution in [3.63, 3.8) is 0 Å². The lowest BCUT2D eigenvalue weighted by Crippen LogP contribution is -2.20. The smallest absolute Gasteiger partial charge is 0.129 e. The number of hydrogen-bond donors (Lipinski definition) is 1. The number of methoxy groups -OCH3 is 1. The number of thiophene rings is 1. The molecule has 0 amide bonds. The van der Waals surface area contributed by atoms with Gasteiger partial charge < -0.3 is 14.5 Å². The number of nitrogens with one attached hydrogen (secondary N) is 1. The van der Waals surface area contributed by atoms with Crippen LogP contribution in [0.5, 0.6) is 0 Å². The summed E-state index contributed by atoms with van der Waals surface area (Å²) in [5.41, 5.74) is 1.25. The van der Waals surface area contributed by atoms with E-state index in [1.54, 1.807) is 18.4 Å². The molecule has 2 heterocycles. The Kier molecular flexibility index (Phi) is 4.36. The summed E-state index contributed by atoms with van der Waals surface area (Å²) in [7, 11) is 1.67. The summed E-state index contributed by atoms with van der Waals surface area (Å²) in [5, 5.41) is 7.66. The molecule has 0 saturated carbocycles. The van der Waals surface area contributed by atoms with E-state index in [0.717, 1.165) is 18.1 Å². The molecule has 3 nitrogen and oxygen atoms in total. The maximum Gasteiger partial charge on any atom is 0.129 e. The first kappa shape index (κ1) is 12.4. The van der Waals surface area contributed by atoms with Gasteiger partial charge in [0, 0.05) is 7.11 Å². The van der Waals surface area contributed by atoms with Crippen LogP contribution in [0, 0.1) is 0 Å². The van der Waals surface area contributed by atoms with Gasteiger partial charge in [-0.05, 0) is 41.1 Å². The first-order valence-electron chi connectivity index (χ1n) is 5.68. The zero-order valence-corrected chi connectivity index (χ0v) is 10.9. The minimum Gasteiger partial charge on any atom is -0.462 e. The van der Waals surface area contributed by atoms with E-state index < -0.39 is 0 Å². The minimum absolute atomic E-state index is 0.136. The van der Waals surface area contributed by atoms with Crippen LogP contribution in [-0.4, -0.2) is 13.7 Å². The van der Waals surface area contributed by atoms with Crippen LogP contribution < -0.4 is 5.32 Å². The highest BCUT2D eigenvalue weighted by atomic mass is 32.1. The summed E-state index contributed by atoms with van der Waals surface area (Å²) in [6.45, 7) is 3.52. The molecular weight excluding hydrogens is 234 g/mol. The number of ether oxygens (including phenoxy) is 1. The van der Waals surface area contributed by atoms with Gasteiger partial charge in [0.2, 0.25) is 0 Å². The highest BCUT2D eigenvalue weighted by molar-refractivity contribution is 7.08. The normalized spacial score (nSPS) is 12.8. The summed E-state index contributed by atoms with van der Waals surface area (Å²) in [6, 6.07) is 6.24. The van der Waals surface area contributed by atoms with E-state index in [0.29, 0.717) is 6.61 Å². The first-order chi connectivity index (χ1) is 8.35. The predicted octanol–water partition coefficient (Wildman–Crippen LogP) is 3.19. The van der Waals surface area contributed by atoms with E-state index in [1.165, 1.54) is 5.56 Å². The minimum atomic E-state index is 0.136. The quantitative estimate of drug-likeness (QED) is 0.856. The van der Waals surface area contributed by atoms with Crippen LogP contribution >= 0.6 is 11.3 Å². The molecule has 0 fully saturated rings. The second-order valence-electron chi connectivity index (χ2n) is 3.78. The van der Waals surface area contributed by atoms with Crippen LogP contribution in [0.2, 0.25) is 0 Å². The second kappa shape index (κ2) is 6.00. The van der Waals surface area contributed by atoms with Crippen molar-refractivity contribution in [3.05, 3.63) is 46.0 Å². The predicted molar refractivity (Wildman–Crippen MR) is 69.3 cm³/mol. The maximum atomic E-state index is 5.78. The molecule has 0 aliphatic heterocycles. The molecule has 2 aromatic rings. The molecule has 0 saturated heterocycles. The molecule has 1 unspecified atom stereocenters. The van der Waals surface area contributed by atoms with Crippen LogP contribution in [0.15, 0.2) is 33.4 Å². The standard InChI is InChI=1S/C13H17NO2S/c1-3-14-13(10-6-7-17-9-10)12-5-4-11(16-12)8-15-2/h4-7,9,13-14H,3,8H2,1-2H3. The Morgan fingerprint density at radius 1 is 1.41 bits per heavy atom. The van der Waals surface area contributed by atoms with Crippen molar-refractivity contribution in [2.75, 3.05) is 13.7 Å². The van der Waals surface area contributed by atoms with Gasteiger partial charge in [0.15, 0.2) is 0 Å². The van der Waals surface area contributed by atoms with Crippen LogP contribution in [0.4, 0.5) is 0 Å². The van der Waals surface area contributed by atoms with Crippen molar-refractivity contribution >= 4 is 11.3 Å². The summed E-state index contributed by atoms with van der Waals surface area (Å²) in [4.78, 5) is 0. The Labute approximate surface area is 105 Å². The lowest BCUT2D eigenvalue weighted by Gasteiger charge is -2.14. The molecule has 0 aliphatic rings. The third kappa shape index (κ3) is 2.97. The van der Waals surface area contributed by atoms with E-state index in [9.17, 15) is 0 Å². The molecule has 0 spiro atoms. The monoisotopic (exact) mass is 251 g/mol. The fourth-order valence-corrected chi connectivity index (χ4v) is 2.48. The van der Waals surface area contributed by atoms with Crippen LogP contribution in [0.1, 0.15) is 30.0 Å². The van der Waals surface area contributed by atoms with Gasteiger partial charge in [0.25, 0.3) is 0 Å². The van der Waals surface area contributed by atoms with Gasteiger partial charge in [-0.15, -0.1) is 0 Å². The largest absolute Gasteiger partial charge is 0.462 e. The van der Waals surface area contributed by atoms with Crippen molar-refractivity contribution < 1.29 is 9.15 Å². The van der Waals surface area contributed by atoms with Gasteiger partial charge in [0.05, 0.1) is 6.04 Å². The van der Waals surface area contributed by atoms with Gasteiger partial charge in [0.1, 0.15) is 18.1 Å². The third-order valence-corrected chi connectivity index (χ3v) is 3.24. The highest BCUT2D eigenvalue weighted by Gasteiger charge is 2.17. The molecule has 2 rings (SSSR count). The molecule has 2 aromatic heterocycles. The van der Waals surface area contributed by atoms with E-state index in [2.05, 4.69) is 29.1 Å². The summed E-state index contributed by atoms with van der Waals surface area (Å²) < 4.78 is 10.8. The van der Waals surface area contributed by atoms with Crippen LogP contribution in [0.25, 0.3) is 0 Å². The van der Waals surface area contributed by atoms with Crippen molar-refractivity contribution in [2.45, 2.75) is 19.6 Å². The first-order valence-corrected chi connectivity index (χ1v) is 6.62. The fourth-order valence-electron chi connectivity index (χ4n) is 1.80. The van der Waals surface area contributed by atoms with Gasteiger partial charge >= 0.3 is 0 Å². The van der Waals surface area contributed by atoms with Crippen molar-refractivity contribution in [1.29, 1.82) is 0 Å². The Morgan fingerprint density at radius 3 is 2.94 bits per heavy atom. The molecule has 0 aliphatic carbocycles. The van der Waals surface area contributed by atoms with Gasteiger partial charge in [-0.1, -0.05) is 6.92 Å². The summed E-state index contributed by atoms with van der Waals surface area (Å²) in [6.07, 6.45) is 0. The molecule has 1 atom stereocenters. The van der Waals surface area contributed by atoms with Gasteiger partial charge in [-0.25, -0.2) is 0 Å². The van der Waals surface area contributed by atoms with E-state index in [1.807, 2.05) is 12.1 Å². The zero-order chi connectivity index (χ0) is 12.1. The zero-order valence-electron chi connectivity index (χ0n) is 10.1. The SMILES string of the molecule is CCNC(c1ccsc1)c1ccc(COC)o1. The number of rotatable bonds is 6. The Morgan fingerprint density at radius 2 is 2.29 bits per heavy atom. The van der Waals surface area contributed by atoms with Crippen molar-refractivity contribution in [2.24, 2.45) is 0 Å². The molecule has 0 bridgehead atoms. The molecule has 92 valence electrons. The molecule has 0 radical (unpaired) electrons. The van der Waals surface area contributed by atoms with Crippen LogP contribution in [0.3, 0.4) is 0 Å². The highest BCUT2D eigenvalue weighted by Crippen LogP contribution is 2.25. The van der Waals surface area contributed by atoms with Crippen molar-refractivity contribution in [1.82, 2.24) is 5.32 Å². The Bertz CT molecular complexity index is 436. The Hall–Kier alpha value is -1.10. The van der Waals surface area contributed by atoms with Crippen LogP contribution in [-0.2, 0) is 11.3 Å². The lowest BCUT2D eigenvalue weighted by atomic mass is 10.1. The average molecular weight is 251 g/mol. The molecule has 0 aromatic carbocycles. The number of hydrogen-bond acceptors (Lipinski definition) is 4. The molecular formula is C13H17NO2S. The van der Waals surface area contributed by atoms with Gasteiger partial charge in [-0.3, -0.25) is 0 Å². The Balaban J connectivity index is 2.20. The molecule has 17 heavy (non-hydrogen) atoms. The van der Waals surface area contributed by atoms with E-state index in [-0.39, 0.29) is 6.04 Å². The summed E-state index contributed by atoms with van der Waals surface area (Å²) in [5.74, 6) is 1.80. The van der Waals surface area contributed by atoms with E-state index >= 15 is 0 Å². The maximum absolute atomic E-state index is 5.78. The lowest BCUT2D eigenvalue weighted by molar-refractivity contribution is 0.162. The molecule has 1 N–H and O–H groups in total. The second-order valence-corrected chi connectivity index (χ2v) is 4.56. The molecule has 4 heteroatoms. The third-order valence-electron chi connectivity index (χ3n) is 2.54. The van der Waals surface area contributed by atoms with E-state index in [4.69, 9.17) is 9.15 Å².